The van der Waals surface area contributed by atoms with Crippen LogP contribution in [0.1, 0.15) is 27.2 Å². The molecule has 0 bridgehead atoms. The third kappa shape index (κ3) is 4.01. The quantitative estimate of drug-likeness (QED) is 0.507. The Balaban J connectivity index is 3.71. The summed E-state index contributed by atoms with van der Waals surface area (Å²) in [6.07, 6.45) is 7.33. The number of rotatable bonds is 3. The zero-order valence-electron chi connectivity index (χ0n) is 6.65. The lowest BCUT2D eigenvalue weighted by Gasteiger charge is -2.15. The lowest BCUT2D eigenvalue weighted by atomic mass is 9.90. The van der Waals surface area contributed by atoms with Crippen LogP contribution in [0.15, 0.2) is 24.8 Å². The first kappa shape index (κ1) is 8.48. The van der Waals surface area contributed by atoms with Gasteiger partial charge in [0.25, 0.3) is 0 Å². The molecule has 0 saturated heterocycles. The van der Waals surface area contributed by atoms with E-state index in [0.29, 0.717) is 0 Å². The number of hydrogen-bond donors (Lipinski definition) is 0. The third-order valence-electron chi connectivity index (χ3n) is 1.43. The molecule has 0 aliphatic carbocycles. The van der Waals surface area contributed by atoms with Gasteiger partial charge in [-0.1, -0.05) is 32.1 Å². The van der Waals surface area contributed by atoms with Gasteiger partial charge in [-0.2, -0.15) is 0 Å². The largest absolute Gasteiger partial charge is 0.103 e. The van der Waals surface area contributed by atoms with E-state index in [1.165, 1.54) is 0 Å². The highest BCUT2D eigenvalue weighted by Gasteiger charge is 2.08. The van der Waals surface area contributed by atoms with Crippen LogP contribution in [0.2, 0.25) is 0 Å². The first-order valence-electron chi connectivity index (χ1n) is 3.37. The Bertz CT molecular complexity index is 107. The fourth-order valence-electron chi connectivity index (χ4n) is 0.505. The average molecular weight is 124 g/mol. The molecule has 0 rings (SSSR count). The summed E-state index contributed by atoms with van der Waals surface area (Å²) in [4.78, 5) is 0. The van der Waals surface area contributed by atoms with Gasteiger partial charge in [0.15, 0.2) is 0 Å². The Hall–Kier alpha value is -0.520. The minimum atomic E-state index is 0.270. The molecule has 0 saturated carbocycles. The van der Waals surface area contributed by atoms with E-state index >= 15 is 0 Å². The molecule has 0 atom stereocenters. The van der Waals surface area contributed by atoms with Crippen molar-refractivity contribution in [2.24, 2.45) is 5.41 Å². The van der Waals surface area contributed by atoms with Crippen molar-refractivity contribution in [1.29, 1.82) is 0 Å². The maximum absolute atomic E-state index is 3.75. The summed E-state index contributed by atoms with van der Waals surface area (Å²) in [5.74, 6) is 0. The fourth-order valence-corrected chi connectivity index (χ4v) is 0.505. The second kappa shape index (κ2) is 3.49. The van der Waals surface area contributed by atoms with Crippen molar-refractivity contribution >= 4 is 0 Å². The minimum absolute atomic E-state index is 0.270. The van der Waals surface area contributed by atoms with Crippen LogP contribution in [0.3, 0.4) is 0 Å². The van der Waals surface area contributed by atoms with Gasteiger partial charge in [-0.05, 0) is 18.8 Å². The minimum Gasteiger partial charge on any atom is -0.103 e. The van der Waals surface area contributed by atoms with Gasteiger partial charge in [-0.25, -0.2) is 0 Å². The van der Waals surface area contributed by atoms with Crippen LogP contribution in [-0.4, -0.2) is 0 Å². The van der Waals surface area contributed by atoms with Crippen molar-refractivity contribution in [3.63, 3.8) is 0 Å². The summed E-state index contributed by atoms with van der Waals surface area (Å²) in [6.45, 7) is 10.2. The topological polar surface area (TPSA) is 0 Å². The molecule has 0 radical (unpaired) electrons. The zero-order valence-corrected chi connectivity index (χ0v) is 6.65. The molecule has 52 valence electrons. The van der Waals surface area contributed by atoms with Gasteiger partial charge in [0.05, 0.1) is 0 Å². The summed E-state index contributed by atoms with van der Waals surface area (Å²) in [5, 5.41) is 0. The van der Waals surface area contributed by atoms with Gasteiger partial charge >= 0.3 is 0 Å². The molecular formula is C9H16. The first-order valence-corrected chi connectivity index (χ1v) is 3.37. The molecular weight excluding hydrogens is 108 g/mol. The van der Waals surface area contributed by atoms with Crippen molar-refractivity contribution in [1.82, 2.24) is 0 Å². The molecule has 0 aromatic carbocycles. The van der Waals surface area contributed by atoms with Gasteiger partial charge < -0.3 is 0 Å². The van der Waals surface area contributed by atoms with Gasteiger partial charge in [0.1, 0.15) is 0 Å². The van der Waals surface area contributed by atoms with Gasteiger partial charge in [0, 0.05) is 0 Å². The molecule has 0 heterocycles. The number of hydrogen-bond acceptors (Lipinski definition) is 0. The van der Waals surface area contributed by atoms with Crippen molar-refractivity contribution in [2.45, 2.75) is 27.2 Å². The van der Waals surface area contributed by atoms with Crippen molar-refractivity contribution in [2.75, 3.05) is 0 Å². The van der Waals surface area contributed by atoms with Crippen LogP contribution in [-0.2, 0) is 0 Å². The second-order valence-corrected chi connectivity index (χ2v) is 2.97. The summed E-state index contributed by atoms with van der Waals surface area (Å²) < 4.78 is 0. The highest BCUT2D eigenvalue weighted by molar-refractivity contribution is 4.94. The van der Waals surface area contributed by atoms with E-state index in [1.54, 1.807) is 0 Å². The molecule has 0 amide bonds. The molecule has 0 aliphatic heterocycles. The van der Waals surface area contributed by atoms with E-state index in [1.807, 2.05) is 13.0 Å². The summed E-state index contributed by atoms with van der Waals surface area (Å²) in [7, 11) is 0. The Labute approximate surface area is 58.3 Å². The molecule has 0 N–H and O–H groups in total. The summed E-state index contributed by atoms with van der Waals surface area (Å²) in [6, 6.07) is 0. The molecule has 0 aromatic heterocycles. The third-order valence-corrected chi connectivity index (χ3v) is 1.43. The predicted octanol–water partition coefficient (Wildman–Crippen LogP) is 3.16. The molecule has 0 nitrogen and oxygen atoms in total. The molecule has 0 unspecified atom stereocenters. The molecule has 0 fully saturated rings. The molecule has 0 spiro atoms. The summed E-state index contributed by atoms with van der Waals surface area (Å²) >= 11 is 0. The molecule has 0 heteroatoms. The standard InChI is InChI=1S/C9H16/c1-5-7-8-9(3,4)6-2/h5-7H,2,8H2,1,3-4H3/b7-5+. The van der Waals surface area contributed by atoms with E-state index in [4.69, 9.17) is 0 Å². The Kier molecular flexibility index (Phi) is 3.29. The van der Waals surface area contributed by atoms with E-state index in [0.717, 1.165) is 6.42 Å². The van der Waals surface area contributed by atoms with Crippen LogP contribution in [0, 0.1) is 5.41 Å². The van der Waals surface area contributed by atoms with Gasteiger partial charge in [-0.3, -0.25) is 0 Å². The van der Waals surface area contributed by atoms with Crippen LogP contribution in [0.4, 0.5) is 0 Å². The van der Waals surface area contributed by atoms with E-state index < -0.39 is 0 Å². The molecule has 0 aromatic rings. The Morgan fingerprint density at radius 3 is 2.33 bits per heavy atom. The Morgan fingerprint density at radius 1 is 1.44 bits per heavy atom. The SMILES string of the molecule is C=CC(C)(C)C/C=C/C. The van der Waals surface area contributed by atoms with Gasteiger partial charge in [0.2, 0.25) is 0 Å². The van der Waals surface area contributed by atoms with E-state index in [2.05, 4.69) is 32.6 Å². The molecule has 0 aliphatic rings. The zero-order chi connectivity index (χ0) is 7.33. The fraction of sp³-hybridized carbons (Fsp3) is 0.556. The monoisotopic (exact) mass is 124 g/mol. The molecule has 9 heavy (non-hydrogen) atoms. The van der Waals surface area contributed by atoms with Crippen LogP contribution < -0.4 is 0 Å². The lowest BCUT2D eigenvalue weighted by Crippen LogP contribution is -2.03. The predicted molar refractivity (Wildman–Crippen MR) is 43.4 cm³/mol. The van der Waals surface area contributed by atoms with Crippen molar-refractivity contribution < 1.29 is 0 Å². The van der Waals surface area contributed by atoms with Crippen LogP contribution in [0.5, 0.6) is 0 Å². The van der Waals surface area contributed by atoms with Crippen molar-refractivity contribution in [3.8, 4) is 0 Å². The summed E-state index contributed by atoms with van der Waals surface area (Å²) in [5.41, 5.74) is 0.270. The normalized spacial score (nSPS) is 12.3. The Morgan fingerprint density at radius 2 is 2.00 bits per heavy atom. The maximum Gasteiger partial charge on any atom is -0.0143 e. The highest BCUT2D eigenvalue weighted by Crippen LogP contribution is 2.21. The lowest BCUT2D eigenvalue weighted by molar-refractivity contribution is 0.490. The smallest absolute Gasteiger partial charge is 0.0143 e. The highest BCUT2D eigenvalue weighted by atomic mass is 14.1. The average Bonchev–Trinajstić information content (AvgIpc) is 1.84. The van der Waals surface area contributed by atoms with Gasteiger partial charge in [-0.15, -0.1) is 6.58 Å². The van der Waals surface area contributed by atoms with Crippen LogP contribution in [0.25, 0.3) is 0 Å². The van der Waals surface area contributed by atoms with E-state index in [9.17, 15) is 0 Å². The number of allylic oxidation sites excluding steroid dienone is 3. The van der Waals surface area contributed by atoms with Crippen LogP contribution >= 0.6 is 0 Å². The maximum atomic E-state index is 3.75. The van der Waals surface area contributed by atoms with Crippen molar-refractivity contribution in [3.05, 3.63) is 24.8 Å². The second-order valence-electron chi connectivity index (χ2n) is 2.97. The van der Waals surface area contributed by atoms with E-state index in [-0.39, 0.29) is 5.41 Å². The first-order chi connectivity index (χ1) is 4.12.